The summed E-state index contributed by atoms with van der Waals surface area (Å²) in [4.78, 5) is 11.9. The molecule has 0 saturated heterocycles. The van der Waals surface area contributed by atoms with Crippen LogP contribution >= 0.6 is 0 Å². The van der Waals surface area contributed by atoms with Gasteiger partial charge >= 0.3 is 0 Å². The number of benzene rings is 2. The van der Waals surface area contributed by atoms with E-state index in [1.165, 1.54) is 0 Å². The third-order valence-corrected chi connectivity index (χ3v) is 2.90. The van der Waals surface area contributed by atoms with Crippen molar-refractivity contribution in [2.75, 3.05) is 19.0 Å². The van der Waals surface area contributed by atoms with Crippen molar-refractivity contribution in [3.8, 4) is 11.5 Å². The number of anilines is 1. The van der Waals surface area contributed by atoms with Gasteiger partial charge in [-0.15, -0.1) is 0 Å². The lowest BCUT2D eigenvalue weighted by Gasteiger charge is -2.11. The van der Waals surface area contributed by atoms with Crippen LogP contribution in [0.1, 0.15) is 5.56 Å². The zero-order valence-electron chi connectivity index (χ0n) is 11.8. The lowest BCUT2D eigenvalue weighted by Crippen LogP contribution is -2.20. The molecule has 0 unspecified atom stereocenters. The van der Waals surface area contributed by atoms with Crippen LogP contribution in [0.25, 0.3) is 0 Å². The number of hydrogen-bond acceptors (Lipinski definition) is 4. The minimum absolute atomic E-state index is 0.0752. The predicted octanol–water partition coefficient (Wildman–Crippen LogP) is 2.17. The number of carbonyl (C=O) groups is 1. The maximum atomic E-state index is 11.9. The predicted molar refractivity (Wildman–Crippen MR) is 81.5 cm³/mol. The highest BCUT2D eigenvalue weighted by Gasteiger charge is 2.06. The lowest BCUT2D eigenvalue weighted by molar-refractivity contribution is -0.118. The van der Waals surface area contributed by atoms with Gasteiger partial charge in [0.05, 0.1) is 7.11 Å². The van der Waals surface area contributed by atoms with Gasteiger partial charge in [-0.25, -0.2) is 0 Å². The fraction of sp³-hybridized carbons (Fsp3) is 0.188. The molecule has 5 nitrogen and oxygen atoms in total. The summed E-state index contributed by atoms with van der Waals surface area (Å²) in [7, 11) is 1.58. The Hall–Kier alpha value is -2.53. The topological polar surface area (TPSA) is 73.6 Å². The molecule has 0 spiro atoms. The van der Waals surface area contributed by atoms with E-state index >= 15 is 0 Å². The van der Waals surface area contributed by atoms with Crippen LogP contribution in [0.15, 0.2) is 48.5 Å². The van der Waals surface area contributed by atoms with Crippen LogP contribution in [0, 0.1) is 0 Å². The number of hydrogen-bond donors (Lipinski definition) is 2. The number of carbonyl (C=O) groups excluding carboxylic acids is 1. The molecule has 2 aromatic rings. The van der Waals surface area contributed by atoms with E-state index in [1.54, 1.807) is 31.4 Å². The first kappa shape index (κ1) is 14.9. The van der Waals surface area contributed by atoms with Crippen LogP contribution in [0.4, 0.5) is 5.69 Å². The van der Waals surface area contributed by atoms with Crippen molar-refractivity contribution in [2.45, 2.75) is 6.54 Å². The molecule has 5 heteroatoms. The second-order valence-electron chi connectivity index (χ2n) is 4.38. The quantitative estimate of drug-likeness (QED) is 0.853. The maximum Gasteiger partial charge on any atom is 0.262 e. The van der Waals surface area contributed by atoms with Crippen LogP contribution in [0.5, 0.6) is 11.5 Å². The smallest absolute Gasteiger partial charge is 0.262 e. The van der Waals surface area contributed by atoms with Crippen molar-refractivity contribution >= 4 is 11.6 Å². The van der Waals surface area contributed by atoms with Gasteiger partial charge in [-0.05, 0) is 18.2 Å². The highest BCUT2D eigenvalue weighted by atomic mass is 16.5. The minimum Gasteiger partial charge on any atom is -0.497 e. The van der Waals surface area contributed by atoms with Gasteiger partial charge in [0, 0.05) is 23.9 Å². The summed E-state index contributed by atoms with van der Waals surface area (Å²) in [5, 5.41) is 2.75. The largest absolute Gasteiger partial charge is 0.497 e. The average Bonchev–Trinajstić information content (AvgIpc) is 2.53. The number of ether oxygens (including phenoxy) is 2. The molecule has 0 radical (unpaired) electrons. The Bertz CT molecular complexity index is 614. The summed E-state index contributed by atoms with van der Waals surface area (Å²) >= 11 is 0. The van der Waals surface area contributed by atoms with Crippen molar-refractivity contribution in [3.63, 3.8) is 0 Å². The molecule has 0 heterocycles. The van der Waals surface area contributed by atoms with Crippen molar-refractivity contribution in [3.05, 3.63) is 54.1 Å². The van der Waals surface area contributed by atoms with E-state index in [-0.39, 0.29) is 12.5 Å². The number of para-hydroxylation sites is 1. The van der Waals surface area contributed by atoms with Gasteiger partial charge in [0.1, 0.15) is 11.5 Å². The van der Waals surface area contributed by atoms with Crippen LogP contribution in [-0.4, -0.2) is 19.6 Å². The molecule has 0 fully saturated rings. The Morgan fingerprint density at radius 3 is 2.76 bits per heavy atom. The van der Waals surface area contributed by atoms with Crippen LogP contribution in [0.2, 0.25) is 0 Å². The first-order chi connectivity index (χ1) is 10.2. The molecule has 0 saturated carbocycles. The van der Waals surface area contributed by atoms with E-state index in [1.807, 2.05) is 24.3 Å². The molecule has 0 bridgehead atoms. The summed E-state index contributed by atoms with van der Waals surface area (Å²) in [6.07, 6.45) is 0. The lowest BCUT2D eigenvalue weighted by atomic mass is 10.2. The molecule has 0 aliphatic carbocycles. The standard InChI is InChI=1S/C16H18N2O3/c1-20-14-7-4-6-13(9-14)18-16(19)11-21-15-8-3-2-5-12(15)10-17/h2-9H,10-11,17H2,1H3,(H,18,19). The van der Waals surface area contributed by atoms with Crippen molar-refractivity contribution in [1.29, 1.82) is 0 Å². The number of methoxy groups -OCH3 is 1. The van der Waals surface area contributed by atoms with E-state index in [9.17, 15) is 4.79 Å². The number of rotatable bonds is 6. The second-order valence-corrected chi connectivity index (χ2v) is 4.38. The second kappa shape index (κ2) is 7.31. The first-order valence-electron chi connectivity index (χ1n) is 6.57. The monoisotopic (exact) mass is 286 g/mol. The zero-order chi connectivity index (χ0) is 15.1. The highest BCUT2D eigenvalue weighted by molar-refractivity contribution is 5.92. The first-order valence-corrected chi connectivity index (χ1v) is 6.57. The molecular formula is C16H18N2O3. The third kappa shape index (κ3) is 4.22. The molecule has 110 valence electrons. The van der Waals surface area contributed by atoms with Crippen LogP contribution in [0.3, 0.4) is 0 Å². The van der Waals surface area contributed by atoms with Gasteiger partial charge in [-0.3, -0.25) is 4.79 Å². The van der Waals surface area contributed by atoms with Crippen LogP contribution < -0.4 is 20.5 Å². The van der Waals surface area contributed by atoms with E-state index in [0.717, 1.165) is 5.56 Å². The normalized spacial score (nSPS) is 10.0. The van der Waals surface area contributed by atoms with Crippen molar-refractivity contribution in [2.24, 2.45) is 5.73 Å². The van der Waals surface area contributed by atoms with E-state index in [0.29, 0.717) is 23.7 Å². The van der Waals surface area contributed by atoms with Gasteiger partial charge in [-0.2, -0.15) is 0 Å². The minimum atomic E-state index is -0.241. The number of amides is 1. The highest BCUT2D eigenvalue weighted by Crippen LogP contribution is 2.18. The SMILES string of the molecule is COc1cccc(NC(=O)COc2ccccc2CN)c1. The number of nitrogens with one attached hydrogen (secondary N) is 1. The summed E-state index contributed by atoms with van der Waals surface area (Å²) in [5.41, 5.74) is 7.15. The van der Waals surface area contributed by atoms with Gasteiger partial charge in [-0.1, -0.05) is 24.3 Å². The van der Waals surface area contributed by atoms with E-state index in [4.69, 9.17) is 15.2 Å². The number of nitrogens with two attached hydrogens (primary N) is 1. The van der Waals surface area contributed by atoms with Gasteiger partial charge < -0.3 is 20.5 Å². The Balaban J connectivity index is 1.92. The summed E-state index contributed by atoms with van der Waals surface area (Å²) in [6, 6.07) is 14.5. The maximum absolute atomic E-state index is 11.9. The van der Waals surface area contributed by atoms with E-state index in [2.05, 4.69) is 5.32 Å². The molecule has 3 N–H and O–H groups in total. The van der Waals surface area contributed by atoms with Crippen molar-refractivity contribution < 1.29 is 14.3 Å². The summed E-state index contributed by atoms with van der Waals surface area (Å²) < 4.78 is 10.6. The Morgan fingerprint density at radius 2 is 2.00 bits per heavy atom. The van der Waals surface area contributed by atoms with Gasteiger partial charge in [0.2, 0.25) is 0 Å². The van der Waals surface area contributed by atoms with Crippen LogP contribution in [-0.2, 0) is 11.3 Å². The fourth-order valence-corrected chi connectivity index (χ4v) is 1.85. The Labute approximate surface area is 123 Å². The molecule has 0 aliphatic heterocycles. The Kier molecular flexibility index (Phi) is 5.17. The molecule has 1 amide bonds. The van der Waals surface area contributed by atoms with Gasteiger partial charge in [0.15, 0.2) is 6.61 Å². The molecule has 0 atom stereocenters. The fourth-order valence-electron chi connectivity index (χ4n) is 1.85. The average molecular weight is 286 g/mol. The zero-order valence-corrected chi connectivity index (χ0v) is 11.8. The molecule has 2 rings (SSSR count). The van der Waals surface area contributed by atoms with Crippen molar-refractivity contribution in [1.82, 2.24) is 0 Å². The summed E-state index contributed by atoms with van der Waals surface area (Å²) in [5.74, 6) is 1.07. The molecule has 0 aromatic heterocycles. The molecule has 0 aliphatic rings. The molecule has 2 aromatic carbocycles. The summed E-state index contributed by atoms with van der Waals surface area (Å²) in [6.45, 7) is 0.294. The molecule has 21 heavy (non-hydrogen) atoms. The molecular weight excluding hydrogens is 268 g/mol. The van der Waals surface area contributed by atoms with E-state index < -0.39 is 0 Å². The Morgan fingerprint density at radius 1 is 1.19 bits per heavy atom. The third-order valence-electron chi connectivity index (χ3n) is 2.90. The van der Waals surface area contributed by atoms with Gasteiger partial charge in [0.25, 0.3) is 5.91 Å².